The number of hydrogen-bond acceptors (Lipinski definition) is 4. The molecule has 3 nitrogen and oxygen atoms in total. The molecule has 19 heavy (non-hydrogen) atoms. The second-order valence-corrected chi connectivity index (χ2v) is 6.54. The van der Waals surface area contributed by atoms with Crippen molar-refractivity contribution >= 4 is 28.9 Å². The van der Waals surface area contributed by atoms with Crippen LogP contribution in [0.2, 0.25) is 0 Å². The van der Waals surface area contributed by atoms with Gasteiger partial charge in [0, 0.05) is 17.8 Å². The number of nitrogens with one attached hydrogen (secondary N) is 1. The summed E-state index contributed by atoms with van der Waals surface area (Å²) in [5, 5.41) is 4.15. The summed E-state index contributed by atoms with van der Waals surface area (Å²) in [6.07, 6.45) is 7.74. The third-order valence-corrected chi connectivity index (χ3v) is 5.00. The highest BCUT2D eigenvalue weighted by molar-refractivity contribution is 7.16. The molecule has 1 aromatic heterocycles. The van der Waals surface area contributed by atoms with Gasteiger partial charge in [0.2, 0.25) is 0 Å². The van der Waals surface area contributed by atoms with Gasteiger partial charge < -0.3 is 10.1 Å². The van der Waals surface area contributed by atoms with Crippen molar-refractivity contribution in [3.05, 3.63) is 16.0 Å². The summed E-state index contributed by atoms with van der Waals surface area (Å²) in [7, 11) is 1.88. The van der Waals surface area contributed by atoms with E-state index in [1.54, 1.807) is 11.3 Å². The highest BCUT2D eigenvalue weighted by Crippen LogP contribution is 2.38. The minimum Gasteiger partial charge on any atom is -0.379 e. The first kappa shape index (κ1) is 14.3. The molecule has 4 heteroatoms. The number of rotatable bonds is 3. The fraction of sp³-hybridized carbons (Fsp3) is 0.600. The number of aldehydes is 2. The minimum absolute atomic E-state index is 0.454. The van der Waals surface area contributed by atoms with Gasteiger partial charge in [-0.3, -0.25) is 4.79 Å². The maximum Gasteiger partial charge on any atom is 0.153 e. The number of anilines is 1. The predicted octanol–water partition coefficient (Wildman–Crippen LogP) is 3.32. The Morgan fingerprint density at radius 1 is 1.26 bits per heavy atom. The minimum atomic E-state index is 0.454. The molecule has 0 amide bonds. The van der Waals surface area contributed by atoms with Crippen LogP contribution in [0.25, 0.3) is 0 Å². The van der Waals surface area contributed by atoms with Crippen LogP contribution >= 0.6 is 11.3 Å². The summed E-state index contributed by atoms with van der Waals surface area (Å²) in [5.41, 5.74) is 2.20. The first-order valence-electron chi connectivity index (χ1n) is 6.92. The molecule has 1 aromatic rings. The van der Waals surface area contributed by atoms with Gasteiger partial charge in [-0.15, -0.1) is 11.3 Å². The molecule has 1 heterocycles. The molecule has 0 saturated heterocycles. The second-order valence-electron chi connectivity index (χ2n) is 5.44. The van der Waals surface area contributed by atoms with Crippen molar-refractivity contribution in [3.8, 4) is 0 Å². The predicted molar refractivity (Wildman–Crippen MR) is 79.2 cm³/mol. The van der Waals surface area contributed by atoms with Crippen molar-refractivity contribution in [2.24, 2.45) is 11.8 Å². The SMILES string of the molecule is CNc1sc2c(c1C=O)CCC(C)C2.O=CC1CC1. The van der Waals surface area contributed by atoms with Gasteiger partial charge in [0.15, 0.2) is 6.29 Å². The maximum atomic E-state index is 11.0. The number of hydrogen-bond donors (Lipinski definition) is 1. The first-order chi connectivity index (χ1) is 9.19. The van der Waals surface area contributed by atoms with E-state index in [2.05, 4.69) is 12.2 Å². The first-order valence-corrected chi connectivity index (χ1v) is 7.74. The molecule has 1 N–H and O–H groups in total. The molecule has 0 aliphatic heterocycles. The smallest absolute Gasteiger partial charge is 0.153 e. The van der Waals surface area contributed by atoms with Crippen LogP contribution < -0.4 is 5.32 Å². The van der Waals surface area contributed by atoms with Crippen molar-refractivity contribution in [1.82, 2.24) is 0 Å². The van der Waals surface area contributed by atoms with Gasteiger partial charge in [0.1, 0.15) is 6.29 Å². The van der Waals surface area contributed by atoms with Crippen LogP contribution in [0.5, 0.6) is 0 Å². The van der Waals surface area contributed by atoms with E-state index >= 15 is 0 Å². The largest absolute Gasteiger partial charge is 0.379 e. The molecule has 104 valence electrons. The van der Waals surface area contributed by atoms with Crippen LogP contribution in [0, 0.1) is 11.8 Å². The zero-order valence-corrected chi connectivity index (χ0v) is 12.4. The molecule has 0 aromatic carbocycles. The number of thiophene rings is 1. The average molecular weight is 279 g/mol. The van der Waals surface area contributed by atoms with Crippen molar-refractivity contribution < 1.29 is 9.59 Å². The zero-order chi connectivity index (χ0) is 13.8. The molecule has 2 aliphatic carbocycles. The van der Waals surface area contributed by atoms with Gasteiger partial charge in [-0.05, 0) is 43.6 Å². The topological polar surface area (TPSA) is 46.2 Å². The van der Waals surface area contributed by atoms with Gasteiger partial charge in [-0.25, -0.2) is 0 Å². The van der Waals surface area contributed by atoms with Gasteiger partial charge in [-0.1, -0.05) is 6.92 Å². The van der Waals surface area contributed by atoms with Crippen molar-refractivity contribution in [1.29, 1.82) is 0 Å². The van der Waals surface area contributed by atoms with Gasteiger partial charge in [0.25, 0.3) is 0 Å². The van der Waals surface area contributed by atoms with Crippen LogP contribution in [0.15, 0.2) is 0 Å². The number of fused-ring (bicyclic) bond motifs is 1. The summed E-state index contributed by atoms with van der Waals surface area (Å²) >= 11 is 1.75. The highest BCUT2D eigenvalue weighted by atomic mass is 32.1. The molecule has 2 aliphatic rings. The zero-order valence-electron chi connectivity index (χ0n) is 11.6. The van der Waals surface area contributed by atoms with E-state index in [-0.39, 0.29) is 0 Å². The van der Waals surface area contributed by atoms with Crippen molar-refractivity contribution in [2.75, 3.05) is 12.4 Å². The van der Waals surface area contributed by atoms with E-state index in [0.29, 0.717) is 5.92 Å². The monoisotopic (exact) mass is 279 g/mol. The Bertz CT molecular complexity index is 463. The Hall–Kier alpha value is -1.16. The quantitative estimate of drug-likeness (QED) is 0.863. The van der Waals surface area contributed by atoms with E-state index in [9.17, 15) is 9.59 Å². The Morgan fingerprint density at radius 3 is 2.47 bits per heavy atom. The van der Waals surface area contributed by atoms with Crippen LogP contribution in [-0.4, -0.2) is 19.6 Å². The lowest BCUT2D eigenvalue weighted by molar-refractivity contribution is -0.108. The third-order valence-electron chi connectivity index (χ3n) is 3.71. The van der Waals surface area contributed by atoms with Crippen molar-refractivity contribution in [2.45, 2.75) is 39.0 Å². The summed E-state index contributed by atoms with van der Waals surface area (Å²) in [6, 6.07) is 0. The summed E-state index contributed by atoms with van der Waals surface area (Å²) in [4.78, 5) is 21.9. The number of carbonyl (C=O) groups excluding carboxylic acids is 2. The van der Waals surface area contributed by atoms with E-state index in [4.69, 9.17) is 0 Å². The van der Waals surface area contributed by atoms with E-state index < -0.39 is 0 Å². The molecule has 1 fully saturated rings. The summed E-state index contributed by atoms with van der Waals surface area (Å²) in [5.74, 6) is 1.22. The molecule has 1 unspecified atom stereocenters. The Kier molecular flexibility index (Phi) is 4.75. The second kappa shape index (κ2) is 6.33. The molecule has 1 atom stereocenters. The lowest BCUT2D eigenvalue weighted by atomic mass is 9.89. The molecule has 0 radical (unpaired) electrons. The summed E-state index contributed by atoms with van der Waals surface area (Å²) < 4.78 is 0. The van der Waals surface area contributed by atoms with Gasteiger partial charge in [-0.2, -0.15) is 0 Å². The Morgan fingerprint density at radius 2 is 2.00 bits per heavy atom. The number of carbonyl (C=O) groups is 2. The van der Waals surface area contributed by atoms with Crippen LogP contribution in [0.4, 0.5) is 5.00 Å². The summed E-state index contributed by atoms with van der Waals surface area (Å²) in [6.45, 7) is 2.28. The van der Waals surface area contributed by atoms with E-state index in [1.165, 1.54) is 16.9 Å². The van der Waals surface area contributed by atoms with Crippen molar-refractivity contribution in [3.63, 3.8) is 0 Å². The molecule has 3 rings (SSSR count). The van der Waals surface area contributed by atoms with E-state index in [0.717, 1.165) is 54.7 Å². The van der Waals surface area contributed by atoms with Gasteiger partial charge >= 0.3 is 0 Å². The average Bonchev–Trinajstić information content (AvgIpc) is 3.19. The molecule has 0 spiro atoms. The lowest BCUT2D eigenvalue weighted by Crippen LogP contribution is -2.09. The highest BCUT2D eigenvalue weighted by Gasteiger charge is 2.22. The van der Waals surface area contributed by atoms with Crippen LogP contribution in [-0.2, 0) is 17.6 Å². The standard InChI is InChI=1S/C11H15NOS.C4H6O/c1-7-3-4-8-9(6-13)11(12-2)14-10(8)5-7;5-3-4-1-2-4/h6-7,12H,3-5H2,1-2H3;3-4H,1-2H2. The normalized spacial score (nSPS) is 20.8. The fourth-order valence-corrected chi connectivity index (χ4v) is 3.65. The Balaban J connectivity index is 0.000000224. The van der Waals surface area contributed by atoms with E-state index in [1.807, 2.05) is 7.05 Å². The Labute approximate surface area is 118 Å². The molecular weight excluding hydrogens is 258 g/mol. The molecular formula is C15H21NO2S. The molecule has 0 bridgehead atoms. The fourth-order valence-electron chi connectivity index (χ4n) is 2.32. The van der Waals surface area contributed by atoms with Gasteiger partial charge in [0.05, 0.1) is 10.6 Å². The maximum absolute atomic E-state index is 11.0. The molecule has 1 saturated carbocycles. The third kappa shape index (κ3) is 3.44. The van der Waals surface area contributed by atoms with Crippen LogP contribution in [0.3, 0.4) is 0 Å². The van der Waals surface area contributed by atoms with Crippen LogP contribution in [0.1, 0.15) is 47.0 Å². The lowest BCUT2D eigenvalue weighted by Gasteiger charge is -2.17.